The quantitative estimate of drug-likeness (QED) is 0.868. The van der Waals surface area contributed by atoms with Crippen LogP contribution < -0.4 is 14.8 Å². The fourth-order valence-electron chi connectivity index (χ4n) is 2.34. The fraction of sp³-hybridized carbons (Fsp3) is 0.600. The molecule has 1 aromatic carbocycles. The second kappa shape index (κ2) is 7.65. The molecule has 1 saturated heterocycles. The predicted octanol–water partition coefficient (Wildman–Crippen LogP) is 3.08. The molecule has 106 valence electrons. The molecule has 3 nitrogen and oxygen atoms in total. The van der Waals surface area contributed by atoms with E-state index in [0.717, 1.165) is 29.8 Å². The highest BCUT2D eigenvalue weighted by Gasteiger charge is 2.13. The lowest BCUT2D eigenvalue weighted by Gasteiger charge is -2.21. The molecule has 0 aromatic heterocycles. The highest BCUT2D eigenvalue weighted by Crippen LogP contribution is 2.28. The van der Waals surface area contributed by atoms with Gasteiger partial charge in [0.05, 0.1) is 14.2 Å². The average Bonchev–Trinajstić information content (AvgIpc) is 2.48. The first kappa shape index (κ1) is 14.5. The van der Waals surface area contributed by atoms with Crippen molar-refractivity contribution in [2.45, 2.75) is 31.1 Å². The van der Waals surface area contributed by atoms with Gasteiger partial charge in [-0.25, -0.2) is 0 Å². The molecule has 0 aliphatic carbocycles. The molecule has 19 heavy (non-hydrogen) atoms. The van der Waals surface area contributed by atoms with E-state index < -0.39 is 0 Å². The minimum absolute atomic E-state index is 0.786. The lowest BCUT2D eigenvalue weighted by molar-refractivity contribution is 0.354. The molecule has 1 aliphatic heterocycles. The summed E-state index contributed by atoms with van der Waals surface area (Å²) in [5.41, 5.74) is 1.23. The van der Waals surface area contributed by atoms with Gasteiger partial charge in [-0.1, -0.05) is 12.5 Å². The summed E-state index contributed by atoms with van der Waals surface area (Å²) in [6.45, 7) is 1.98. The maximum Gasteiger partial charge on any atom is 0.161 e. The number of hydrogen-bond acceptors (Lipinski definition) is 4. The maximum atomic E-state index is 5.32. The Kier molecular flexibility index (Phi) is 5.86. The van der Waals surface area contributed by atoms with Gasteiger partial charge in [0, 0.05) is 18.3 Å². The Hall–Kier alpha value is -0.870. The van der Waals surface area contributed by atoms with Crippen molar-refractivity contribution >= 4 is 11.8 Å². The zero-order valence-corrected chi connectivity index (χ0v) is 12.6. The van der Waals surface area contributed by atoms with Crippen molar-refractivity contribution < 1.29 is 9.47 Å². The number of benzene rings is 1. The topological polar surface area (TPSA) is 30.5 Å². The summed E-state index contributed by atoms with van der Waals surface area (Å²) in [6.07, 6.45) is 4.12. The van der Waals surface area contributed by atoms with Crippen LogP contribution in [0.1, 0.15) is 24.8 Å². The number of nitrogens with one attached hydrogen (secondary N) is 1. The molecule has 0 bridgehead atoms. The van der Waals surface area contributed by atoms with Crippen LogP contribution in [0, 0.1) is 0 Å². The predicted molar refractivity (Wildman–Crippen MR) is 81.3 cm³/mol. The molecule has 1 fully saturated rings. The summed E-state index contributed by atoms with van der Waals surface area (Å²) in [6, 6.07) is 6.09. The van der Waals surface area contributed by atoms with Crippen molar-refractivity contribution in [3.05, 3.63) is 23.8 Å². The molecule has 1 aliphatic rings. The summed E-state index contributed by atoms with van der Waals surface area (Å²) in [5.74, 6) is 2.91. The van der Waals surface area contributed by atoms with Crippen LogP contribution in [0.25, 0.3) is 0 Å². The number of thioether (sulfide) groups is 1. The van der Waals surface area contributed by atoms with Crippen molar-refractivity contribution in [3.8, 4) is 11.5 Å². The molecule has 0 saturated carbocycles. The van der Waals surface area contributed by atoms with Gasteiger partial charge >= 0.3 is 0 Å². The number of hydrogen-bond donors (Lipinski definition) is 1. The average molecular weight is 281 g/mol. The summed E-state index contributed by atoms with van der Waals surface area (Å²) >= 11 is 2.10. The molecule has 0 amide bonds. The normalized spacial score (nSPS) is 19.2. The molecule has 1 heterocycles. The van der Waals surface area contributed by atoms with Gasteiger partial charge in [0.25, 0.3) is 0 Å². The van der Waals surface area contributed by atoms with Crippen molar-refractivity contribution in [2.24, 2.45) is 0 Å². The molecule has 1 unspecified atom stereocenters. The third-order valence-electron chi connectivity index (χ3n) is 3.42. The fourth-order valence-corrected chi connectivity index (χ4v) is 3.61. The highest BCUT2D eigenvalue weighted by atomic mass is 32.2. The number of ether oxygens (including phenoxy) is 2. The third kappa shape index (κ3) is 4.32. The van der Waals surface area contributed by atoms with Crippen molar-refractivity contribution in [1.29, 1.82) is 0 Å². The monoisotopic (exact) mass is 281 g/mol. The van der Waals surface area contributed by atoms with E-state index in [4.69, 9.17) is 9.47 Å². The van der Waals surface area contributed by atoms with E-state index in [1.807, 2.05) is 12.1 Å². The Bertz CT molecular complexity index is 392. The van der Waals surface area contributed by atoms with Gasteiger partial charge in [-0.15, -0.1) is 0 Å². The first-order chi connectivity index (χ1) is 9.33. The Balaban J connectivity index is 1.81. The molecule has 0 radical (unpaired) electrons. The van der Waals surface area contributed by atoms with Gasteiger partial charge in [0.15, 0.2) is 11.5 Å². The first-order valence-corrected chi connectivity index (χ1v) is 7.91. The Labute approximate surface area is 120 Å². The van der Waals surface area contributed by atoms with Crippen LogP contribution >= 0.6 is 11.8 Å². The summed E-state index contributed by atoms with van der Waals surface area (Å²) in [5, 5.41) is 4.33. The van der Waals surface area contributed by atoms with Gasteiger partial charge in [-0.2, -0.15) is 11.8 Å². The van der Waals surface area contributed by atoms with E-state index in [2.05, 4.69) is 23.1 Å². The maximum absolute atomic E-state index is 5.32. The van der Waals surface area contributed by atoms with E-state index in [9.17, 15) is 0 Å². The largest absolute Gasteiger partial charge is 0.493 e. The molecular formula is C15H23NO2S. The molecule has 1 atom stereocenters. The van der Waals surface area contributed by atoms with E-state index in [0.29, 0.717) is 0 Å². The highest BCUT2D eigenvalue weighted by molar-refractivity contribution is 7.99. The summed E-state index contributed by atoms with van der Waals surface area (Å²) in [4.78, 5) is 0. The zero-order chi connectivity index (χ0) is 13.5. The van der Waals surface area contributed by atoms with E-state index in [1.54, 1.807) is 14.2 Å². The van der Waals surface area contributed by atoms with Crippen LogP contribution in [0.3, 0.4) is 0 Å². The molecule has 0 spiro atoms. The smallest absolute Gasteiger partial charge is 0.161 e. The minimum Gasteiger partial charge on any atom is -0.493 e. The Morgan fingerprint density at radius 1 is 1.21 bits per heavy atom. The van der Waals surface area contributed by atoms with Crippen LogP contribution in [0.15, 0.2) is 18.2 Å². The summed E-state index contributed by atoms with van der Waals surface area (Å²) < 4.78 is 10.6. The van der Waals surface area contributed by atoms with Gasteiger partial charge in [-0.3, -0.25) is 0 Å². The van der Waals surface area contributed by atoms with Crippen LogP contribution in [-0.2, 0) is 6.54 Å². The molecule has 1 aromatic rings. The number of methoxy groups -OCH3 is 2. The second-order valence-corrected chi connectivity index (χ2v) is 6.22. The van der Waals surface area contributed by atoms with Crippen LogP contribution in [-0.4, -0.2) is 31.8 Å². The SMILES string of the molecule is COc1ccc(CNCC2CCCCS2)cc1OC. The summed E-state index contributed by atoms with van der Waals surface area (Å²) in [7, 11) is 3.34. The zero-order valence-electron chi connectivity index (χ0n) is 11.8. The van der Waals surface area contributed by atoms with Gasteiger partial charge in [0.2, 0.25) is 0 Å². The minimum atomic E-state index is 0.786. The van der Waals surface area contributed by atoms with Crippen molar-refractivity contribution in [3.63, 3.8) is 0 Å². The molecule has 2 rings (SSSR count). The van der Waals surface area contributed by atoms with Crippen molar-refractivity contribution in [2.75, 3.05) is 26.5 Å². The van der Waals surface area contributed by atoms with Crippen LogP contribution in [0.4, 0.5) is 0 Å². The second-order valence-electron chi connectivity index (χ2n) is 4.81. The first-order valence-electron chi connectivity index (χ1n) is 6.86. The Morgan fingerprint density at radius 3 is 2.74 bits per heavy atom. The lowest BCUT2D eigenvalue weighted by atomic mass is 10.1. The standard InChI is InChI=1S/C15H23NO2S/c1-17-14-7-6-12(9-15(14)18-2)10-16-11-13-5-3-4-8-19-13/h6-7,9,13,16H,3-5,8,10-11H2,1-2H3. The van der Waals surface area contributed by atoms with Gasteiger partial charge in [0.1, 0.15) is 0 Å². The number of rotatable bonds is 6. The van der Waals surface area contributed by atoms with E-state index in [-0.39, 0.29) is 0 Å². The molecule has 1 N–H and O–H groups in total. The van der Waals surface area contributed by atoms with Crippen LogP contribution in [0.5, 0.6) is 11.5 Å². The van der Waals surface area contributed by atoms with E-state index in [1.165, 1.54) is 30.6 Å². The molecular weight excluding hydrogens is 258 g/mol. The van der Waals surface area contributed by atoms with E-state index >= 15 is 0 Å². The van der Waals surface area contributed by atoms with Gasteiger partial charge < -0.3 is 14.8 Å². The molecule has 4 heteroatoms. The van der Waals surface area contributed by atoms with Gasteiger partial charge in [-0.05, 0) is 36.3 Å². The van der Waals surface area contributed by atoms with Crippen LogP contribution in [0.2, 0.25) is 0 Å². The third-order valence-corrected chi connectivity index (χ3v) is 4.82. The van der Waals surface area contributed by atoms with Crippen molar-refractivity contribution in [1.82, 2.24) is 5.32 Å². The lowest BCUT2D eigenvalue weighted by Crippen LogP contribution is -2.26. The Morgan fingerprint density at radius 2 is 2.05 bits per heavy atom.